The number of unbranched alkanes of at least 4 members (excludes halogenated alkanes) is 1. The molecule has 4 heteroatoms. The topological polar surface area (TPSA) is 64.3 Å². The van der Waals surface area contributed by atoms with Gasteiger partial charge in [0.15, 0.2) is 5.72 Å². The highest BCUT2D eigenvalue weighted by molar-refractivity contribution is 5.49. The number of carbonyl (C=O) groups excluding carboxylic acids is 1. The molecule has 0 saturated heterocycles. The maximum Gasteiger partial charge on any atom is 0.209 e. The summed E-state index contributed by atoms with van der Waals surface area (Å²) < 4.78 is 5.78. The van der Waals surface area contributed by atoms with Gasteiger partial charge in [0, 0.05) is 18.7 Å². The van der Waals surface area contributed by atoms with E-state index in [9.17, 15) is 4.79 Å². The van der Waals surface area contributed by atoms with Gasteiger partial charge in [0.2, 0.25) is 6.41 Å². The Labute approximate surface area is 102 Å². The van der Waals surface area contributed by atoms with Gasteiger partial charge in [0.1, 0.15) is 0 Å². The van der Waals surface area contributed by atoms with Crippen molar-refractivity contribution in [2.24, 2.45) is 5.73 Å². The zero-order valence-corrected chi connectivity index (χ0v) is 10.2. The fourth-order valence-electron chi connectivity index (χ4n) is 1.64. The molecule has 1 atom stereocenters. The van der Waals surface area contributed by atoms with Crippen LogP contribution in [0.25, 0.3) is 0 Å². The molecular weight excluding hydrogens is 216 g/mol. The fourth-order valence-corrected chi connectivity index (χ4v) is 1.64. The number of rotatable bonds is 8. The first-order chi connectivity index (χ1) is 8.29. The van der Waals surface area contributed by atoms with Crippen LogP contribution in [-0.4, -0.2) is 19.6 Å². The molecule has 1 rings (SSSR count). The first-order valence-corrected chi connectivity index (χ1v) is 5.90. The smallest absolute Gasteiger partial charge is 0.209 e. The number of benzene rings is 1. The quantitative estimate of drug-likeness (QED) is 0.407. The average molecular weight is 236 g/mol. The average Bonchev–Trinajstić information content (AvgIpc) is 2.39. The number of amides is 1. The van der Waals surface area contributed by atoms with Crippen molar-refractivity contribution < 1.29 is 9.53 Å². The maximum absolute atomic E-state index is 10.7. The second kappa shape index (κ2) is 7.04. The summed E-state index contributed by atoms with van der Waals surface area (Å²) in [6.07, 6.45) is 2.61. The maximum atomic E-state index is 10.7. The number of hydrogen-bond acceptors (Lipinski definition) is 3. The van der Waals surface area contributed by atoms with Gasteiger partial charge in [-0.15, -0.1) is 0 Å². The lowest BCUT2D eigenvalue weighted by atomic mass is 10.0. The molecule has 1 unspecified atom stereocenters. The van der Waals surface area contributed by atoms with E-state index in [4.69, 9.17) is 10.5 Å². The third kappa shape index (κ3) is 3.54. The van der Waals surface area contributed by atoms with Crippen molar-refractivity contribution >= 4 is 6.41 Å². The van der Waals surface area contributed by atoms with Crippen LogP contribution in [0.5, 0.6) is 0 Å². The van der Waals surface area contributed by atoms with Crippen LogP contribution in [0.1, 0.15) is 25.3 Å². The molecule has 0 aliphatic carbocycles. The molecule has 0 aromatic heterocycles. The molecule has 17 heavy (non-hydrogen) atoms. The molecule has 0 spiro atoms. The summed E-state index contributed by atoms with van der Waals surface area (Å²) in [7, 11) is 0. The van der Waals surface area contributed by atoms with Crippen molar-refractivity contribution in [1.82, 2.24) is 5.32 Å². The molecule has 0 aliphatic heterocycles. The van der Waals surface area contributed by atoms with Crippen LogP contribution in [0.2, 0.25) is 0 Å². The number of nitrogens with one attached hydrogen (secondary N) is 1. The minimum atomic E-state index is -0.905. The second-order valence-corrected chi connectivity index (χ2v) is 3.86. The summed E-state index contributed by atoms with van der Waals surface area (Å²) in [6.45, 7) is 2.87. The molecule has 0 aliphatic rings. The second-order valence-electron chi connectivity index (χ2n) is 3.86. The summed E-state index contributed by atoms with van der Waals surface area (Å²) >= 11 is 0. The Hall–Kier alpha value is -1.39. The number of ether oxygens (including phenoxy) is 1. The first-order valence-electron chi connectivity index (χ1n) is 5.90. The van der Waals surface area contributed by atoms with Crippen LogP contribution >= 0.6 is 0 Å². The van der Waals surface area contributed by atoms with Crippen molar-refractivity contribution in [3.8, 4) is 0 Å². The molecule has 4 nitrogen and oxygen atoms in total. The van der Waals surface area contributed by atoms with E-state index in [1.165, 1.54) is 0 Å². The molecule has 0 radical (unpaired) electrons. The zero-order valence-electron chi connectivity index (χ0n) is 10.2. The largest absolute Gasteiger partial charge is 0.350 e. The van der Waals surface area contributed by atoms with E-state index in [0.29, 0.717) is 13.0 Å². The Morgan fingerprint density at radius 1 is 1.41 bits per heavy atom. The Morgan fingerprint density at radius 2 is 2.12 bits per heavy atom. The van der Waals surface area contributed by atoms with Gasteiger partial charge in [0.25, 0.3) is 0 Å². The molecule has 1 aromatic rings. The van der Waals surface area contributed by atoms with Gasteiger partial charge >= 0.3 is 0 Å². The number of hydrogen-bond donors (Lipinski definition) is 2. The molecule has 0 fully saturated rings. The lowest BCUT2D eigenvalue weighted by Gasteiger charge is -2.32. The fraction of sp³-hybridized carbons (Fsp3) is 0.462. The van der Waals surface area contributed by atoms with Crippen LogP contribution in [-0.2, 0) is 15.3 Å². The Balaban J connectivity index is 2.87. The highest BCUT2D eigenvalue weighted by Crippen LogP contribution is 2.21. The van der Waals surface area contributed by atoms with E-state index >= 15 is 0 Å². The number of carbonyl (C=O) groups is 1. The van der Waals surface area contributed by atoms with E-state index in [-0.39, 0.29) is 6.54 Å². The summed E-state index contributed by atoms with van der Waals surface area (Å²) in [5.74, 6) is 0. The SMILES string of the molecule is CCCCOC(CN)(NC=O)c1ccccc1. The standard InChI is InChI=1S/C13H20N2O2/c1-2-3-9-17-13(10-14,15-11-16)12-7-5-4-6-8-12/h4-8,11H,2-3,9-10,14H2,1H3,(H,15,16). The van der Waals surface area contributed by atoms with Gasteiger partial charge in [-0.2, -0.15) is 0 Å². The van der Waals surface area contributed by atoms with Gasteiger partial charge in [-0.05, 0) is 6.42 Å². The predicted octanol–water partition coefficient (Wildman–Crippen LogP) is 1.36. The van der Waals surface area contributed by atoms with Crippen molar-refractivity contribution in [2.45, 2.75) is 25.5 Å². The van der Waals surface area contributed by atoms with Crippen LogP contribution in [0.15, 0.2) is 30.3 Å². The summed E-state index contributed by atoms with van der Waals surface area (Å²) in [6, 6.07) is 9.51. The first kappa shape index (κ1) is 13.7. The molecule has 0 saturated carbocycles. The Kier molecular flexibility index (Phi) is 5.66. The van der Waals surface area contributed by atoms with E-state index < -0.39 is 5.72 Å². The van der Waals surface area contributed by atoms with Crippen LogP contribution in [0.4, 0.5) is 0 Å². The molecule has 0 heterocycles. The van der Waals surface area contributed by atoms with Crippen LogP contribution < -0.4 is 11.1 Å². The summed E-state index contributed by atoms with van der Waals surface area (Å²) in [4.78, 5) is 10.7. The molecule has 1 aromatic carbocycles. The summed E-state index contributed by atoms with van der Waals surface area (Å²) in [5.41, 5.74) is 5.72. The van der Waals surface area contributed by atoms with Crippen molar-refractivity contribution in [3.05, 3.63) is 35.9 Å². The molecule has 1 amide bonds. The van der Waals surface area contributed by atoms with Gasteiger partial charge in [-0.3, -0.25) is 4.79 Å². The highest BCUT2D eigenvalue weighted by atomic mass is 16.5. The Bertz CT molecular complexity index is 329. The van der Waals surface area contributed by atoms with E-state index in [0.717, 1.165) is 18.4 Å². The van der Waals surface area contributed by atoms with Gasteiger partial charge in [-0.1, -0.05) is 43.7 Å². The normalized spacial score (nSPS) is 14.0. The zero-order chi connectivity index (χ0) is 12.6. The number of nitrogens with two attached hydrogens (primary N) is 1. The van der Waals surface area contributed by atoms with Crippen LogP contribution in [0, 0.1) is 0 Å². The predicted molar refractivity (Wildman–Crippen MR) is 67.2 cm³/mol. The van der Waals surface area contributed by atoms with E-state index in [1.54, 1.807) is 0 Å². The monoisotopic (exact) mass is 236 g/mol. The third-order valence-corrected chi connectivity index (χ3v) is 2.67. The molecular formula is C13H20N2O2. The minimum Gasteiger partial charge on any atom is -0.350 e. The van der Waals surface area contributed by atoms with E-state index in [1.807, 2.05) is 30.3 Å². The van der Waals surface area contributed by atoms with Crippen molar-refractivity contribution in [1.29, 1.82) is 0 Å². The molecule has 94 valence electrons. The van der Waals surface area contributed by atoms with E-state index in [2.05, 4.69) is 12.2 Å². The molecule has 0 bridgehead atoms. The lowest BCUT2D eigenvalue weighted by molar-refractivity contribution is -0.123. The van der Waals surface area contributed by atoms with Crippen LogP contribution in [0.3, 0.4) is 0 Å². The molecule has 3 N–H and O–H groups in total. The minimum absolute atomic E-state index is 0.208. The lowest BCUT2D eigenvalue weighted by Crippen LogP contribution is -2.50. The van der Waals surface area contributed by atoms with Gasteiger partial charge in [-0.25, -0.2) is 0 Å². The van der Waals surface area contributed by atoms with Gasteiger partial charge in [0.05, 0.1) is 0 Å². The van der Waals surface area contributed by atoms with Gasteiger partial charge < -0.3 is 15.8 Å². The van der Waals surface area contributed by atoms with Crippen molar-refractivity contribution in [3.63, 3.8) is 0 Å². The summed E-state index contributed by atoms with van der Waals surface area (Å²) in [5, 5.41) is 2.69. The van der Waals surface area contributed by atoms with Crippen molar-refractivity contribution in [2.75, 3.05) is 13.2 Å². The highest BCUT2D eigenvalue weighted by Gasteiger charge is 2.30. The Morgan fingerprint density at radius 3 is 2.65 bits per heavy atom. The third-order valence-electron chi connectivity index (χ3n) is 2.67.